The number of rotatable bonds is 3. The van der Waals surface area contributed by atoms with Crippen LogP contribution in [0.1, 0.15) is 19.0 Å². The predicted octanol–water partition coefficient (Wildman–Crippen LogP) is 4.40. The van der Waals surface area contributed by atoms with E-state index in [1.807, 2.05) is 24.3 Å². The molecule has 0 saturated heterocycles. The fraction of sp³-hybridized carbons (Fsp3) is 0.231. The fourth-order valence-corrected chi connectivity index (χ4v) is 2.04. The lowest BCUT2D eigenvalue weighted by molar-refractivity contribution is 0.875. The lowest BCUT2D eigenvalue weighted by Gasteiger charge is -2.05. The summed E-state index contributed by atoms with van der Waals surface area (Å²) in [6, 6.07) is 9.30. The van der Waals surface area contributed by atoms with Crippen LogP contribution in [0.25, 0.3) is 11.4 Å². The van der Waals surface area contributed by atoms with Crippen molar-refractivity contribution in [2.75, 3.05) is 0 Å². The first kappa shape index (κ1) is 12.3. The quantitative estimate of drug-likeness (QED) is 0.770. The second-order valence-electron chi connectivity index (χ2n) is 3.74. The number of benzene rings is 1. The Balaban J connectivity index is 2.48. The lowest BCUT2D eigenvalue weighted by Crippen LogP contribution is -1.96. The van der Waals surface area contributed by atoms with E-state index in [9.17, 15) is 0 Å². The third-order valence-electron chi connectivity index (χ3n) is 2.37. The number of hydrogen-bond donors (Lipinski definition) is 0. The van der Waals surface area contributed by atoms with Gasteiger partial charge in [0.25, 0.3) is 0 Å². The van der Waals surface area contributed by atoms with Gasteiger partial charge in [-0.1, -0.05) is 48.7 Å². The highest BCUT2D eigenvalue weighted by Gasteiger charge is 2.08. The Kier molecular flexibility index (Phi) is 3.97. The molecular formula is C13H12Cl2N2. The van der Waals surface area contributed by atoms with Gasteiger partial charge in [-0.05, 0) is 24.6 Å². The standard InChI is InChI=1S/C13H12Cl2N2/c1-2-5-9-8-12(15)17-13(16-9)10-6-3-4-7-11(10)14/h3-4,6-8H,2,5H2,1H3. The van der Waals surface area contributed by atoms with E-state index in [0.29, 0.717) is 16.0 Å². The molecule has 2 aromatic rings. The van der Waals surface area contributed by atoms with Crippen LogP contribution >= 0.6 is 23.2 Å². The van der Waals surface area contributed by atoms with E-state index in [0.717, 1.165) is 24.1 Å². The molecule has 1 aromatic heterocycles. The summed E-state index contributed by atoms with van der Waals surface area (Å²) in [5, 5.41) is 1.09. The van der Waals surface area contributed by atoms with Crippen molar-refractivity contribution in [1.29, 1.82) is 0 Å². The van der Waals surface area contributed by atoms with Crippen molar-refractivity contribution in [2.45, 2.75) is 19.8 Å². The van der Waals surface area contributed by atoms with Gasteiger partial charge in [0.05, 0.1) is 5.02 Å². The largest absolute Gasteiger partial charge is 0.233 e. The van der Waals surface area contributed by atoms with Crippen LogP contribution in [0.5, 0.6) is 0 Å². The highest BCUT2D eigenvalue weighted by atomic mass is 35.5. The summed E-state index contributed by atoms with van der Waals surface area (Å²) >= 11 is 12.1. The molecule has 0 spiro atoms. The third kappa shape index (κ3) is 2.96. The zero-order valence-electron chi connectivity index (χ0n) is 9.45. The molecule has 0 atom stereocenters. The van der Waals surface area contributed by atoms with E-state index in [-0.39, 0.29) is 0 Å². The van der Waals surface area contributed by atoms with Gasteiger partial charge < -0.3 is 0 Å². The van der Waals surface area contributed by atoms with Gasteiger partial charge in [0.1, 0.15) is 5.15 Å². The summed E-state index contributed by atoms with van der Waals surface area (Å²) in [5.74, 6) is 0.589. The molecule has 0 saturated carbocycles. The highest BCUT2D eigenvalue weighted by Crippen LogP contribution is 2.26. The van der Waals surface area contributed by atoms with Crippen LogP contribution in [-0.4, -0.2) is 9.97 Å². The molecule has 0 aliphatic heterocycles. The topological polar surface area (TPSA) is 25.8 Å². The molecule has 2 rings (SSSR count). The van der Waals surface area contributed by atoms with Gasteiger partial charge in [-0.15, -0.1) is 0 Å². The molecule has 0 bridgehead atoms. The van der Waals surface area contributed by atoms with E-state index in [4.69, 9.17) is 23.2 Å². The van der Waals surface area contributed by atoms with Crippen LogP contribution in [0.15, 0.2) is 30.3 Å². The van der Waals surface area contributed by atoms with Crippen molar-refractivity contribution >= 4 is 23.2 Å². The molecule has 0 unspecified atom stereocenters. The van der Waals surface area contributed by atoms with Crippen LogP contribution in [0.3, 0.4) is 0 Å². The number of halogens is 2. The second-order valence-corrected chi connectivity index (χ2v) is 4.53. The summed E-state index contributed by atoms with van der Waals surface area (Å²) in [5.41, 5.74) is 1.76. The average Bonchev–Trinajstić information content (AvgIpc) is 2.29. The smallest absolute Gasteiger partial charge is 0.162 e. The summed E-state index contributed by atoms with van der Waals surface area (Å²) in [7, 11) is 0. The fourth-order valence-electron chi connectivity index (χ4n) is 1.61. The van der Waals surface area contributed by atoms with Gasteiger partial charge in [-0.2, -0.15) is 0 Å². The Morgan fingerprint density at radius 2 is 1.88 bits per heavy atom. The first-order valence-corrected chi connectivity index (χ1v) is 6.24. The predicted molar refractivity (Wildman–Crippen MR) is 71.5 cm³/mol. The normalized spacial score (nSPS) is 10.5. The highest BCUT2D eigenvalue weighted by molar-refractivity contribution is 6.33. The van der Waals surface area contributed by atoms with Gasteiger partial charge in [0.15, 0.2) is 5.82 Å². The molecule has 0 fully saturated rings. The summed E-state index contributed by atoms with van der Waals surface area (Å²) in [6.07, 6.45) is 1.91. The summed E-state index contributed by atoms with van der Waals surface area (Å²) < 4.78 is 0. The van der Waals surface area contributed by atoms with Crippen molar-refractivity contribution in [1.82, 2.24) is 9.97 Å². The summed E-state index contributed by atoms with van der Waals surface area (Å²) in [6.45, 7) is 2.10. The number of hydrogen-bond acceptors (Lipinski definition) is 2. The van der Waals surface area contributed by atoms with Gasteiger partial charge in [0.2, 0.25) is 0 Å². The third-order valence-corrected chi connectivity index (χ3v) is 2.89. The minimum Gasteiger partial charge on any atom is -0.233 e. The van der Waals surface area contributed by atoms with Crippen molar-refractivity contribution < 1.29 is 0 Å². The number of nitrogens with zero attached hydrogens (tertiary/aromatic N) is 2. The van der Waals surface area contributed by atoms with Crippen LogP contribution in [-0.2, 0) is 6.42 Å². The Hall–Kier alpha value is -1.12. The van der Waals surface area contributed by atoms with Crippen molar-refractivity contribution in [2.24, 2.45) is 0 Å². The first-order chi connectivity index (χ1) is 8.20. The first-order valence-electron chi connectivity index (χ1n) is 5.49. The van der Waals surface area contributed by atoms with Crippen LogP contribution in [0, 0.1) is 0 Å². The van der Waals surface area contributed by atoms with Crippen molar-refractivity contribution in [3.63, 3.8) is 0 Å². The SMILES string of the molecule is CCCc1cc(Cl)nc(-c2ccccc2Cl)n1. The minimum absolute atomic E-state index is 0.457. The Morgan fingerprint density at radius 3 is 2.59 bits per heavy atom. The molecular weight excluding hydrogens is 255 g/mol. The van der Waals surface area contributed by atoms with Crippen LogP contribution in [0.2, 0.25) is 10.2 Å². The number of aryl methyl sites for hydroxylation is 1. The van der Waals surface area contributed by atoms with E-state index >= 15 is 0 Å². The van der Waals surface area contributed by atoms with Crippen molar-refractivity contribution in [3.05, 3.63) is 46.2 Å². The summed E-state index contributed by atoms with van der Waals surface area (Å²) in [4.78, 5) is 8.69. The van der Waals surface area contributed by atoms with Crippen molar-refractivity contribution in [3.8, 4) is 11.4 Å². The Labute approximate surface area is 111 Å². The van der Waals surface area contributed by atoms with Gasteiger partial charge in [-0.3, -0.25) is 0 Å². The van der Waals surface area contributed by atoms with Gasteiger partial charge in [-0.25, -0.2) is 9.97 Å². The monoisotopic (exact) mass is 266 g/mol. The maximum absolute atomic E-state index is 6.12. The molecule has 1 heterocycles. The maximum atomic E-state index is 6.12. The maximum Gasteiger partial charge on any atom is 0.162 e. The Morgan fingerprint density at radius 1 is 1.12 bits per heavy atom. The zero-order valence-corrected chi connectivity index (χ0v) is 11.0. The molecule has 0 N–H and O–H groups in total. The Bertz CT molecular complexity index is 527. The molecule has 1 aromatic carbocycles. The average molecular weight is 267 g/mol. The molecule has 0 radical (unpaired) electrons. The van der Waals surface area contributed by atoms with E-state index in [2.05, 4.69) is 16.9 Å². The van der Waals surface area contributed by atoms with E-state index in [1.165, 1.54) is 0 Å². The molecule has 4 heteroatoms. The van der Waals surface area contributed by atoms with E-state index < -0.39 is 0 Å². The van der Waals surface area contributed by atoms with Gasteiger partial charge >= 0.3 is 0 Å². The van der Waals surface area contributed by atoms with Crippen LogP contribution in [0.4, 0.5) is 0 Å². The second kappa shape index (κ2) is 5.48. The molecule has 2 nitrogen and oxygen atoms in total. The molecule has 0 aliphatic rings. The number of aromatic nitrogens is 2. The molecule has 17 heavy (non-hydrogen) atoms. The van der Waals surface area contributed by atoms with Crippen LogP contribution < -0.4 is 0 Å². The van der Waals surface area contributed by atoms with Gasteiger partial charge in [0, 0.05) is 11.3 Å². The zero-order chi connectivity index (χ0) is 12.3. The molecule has 0 amide bonds. The lowest BCUT2D eigenvalue weighted by atomic mass is 10.2. The molecule has 0 aliphatic carbocycles. The molecule has 88 valence electrons. The van der Waals surface area contributed by atoms with E-state index in [1.54, 1.807) is 6.07 Å². The minimum atomic E-state index is 0.457.